The first-order valence-corrected chi connectivity index (χ1v) is 6.31. The van der Waals surface area contributed by atoms with E-state index in [1.807, 2.05) is 39.0 Å². The summed E-state index contributed by atoms with van der Waals surface area (Å²) in [5, 5.41) is 20.7. The van der Waals surface area contributed by atoms with Gasteiger partial charge in [0.15, 0.2) is 0 Å². The molecule has 0 aromatic rings. The minimum atomic E-state index is -0.773. The molecule has 17 heavy (non-hydrogen) atoms. The second-order valence-electron chi connectivity index (χ2n) is 5.46. The fourth-order valence-corrected chi connectivity index (χ4v) is 2.96. The molecule has 5 atom stereocenters. The van der Waals surface area contributed by atoms with Gasteiger partial charge in [0, 0.05) is 12.3 Å². The van der Waals surface area contributed by atoms with Gasteiger partial charge in [-0.05, 0) is 32.8 Å². The summed E-state index contributed by atoms with van der Waals surface area (Å²) in [6.07, 6.45) is 6.29. The molecular formula is C14H22O3. The zero-order valence-electron chi connectivity index (χ0n) is 10.8. The molecule has 1 aliphatic heterocycles. The Kier molecular flexibility index (Phi) is 3.43. The van der Waals surface area contributed by atoms with Crippen molar-refractivity contribution < 1.29 is 14.9 Å². The molecule has 0 aromatic heterocycles. The van der Waals surface area contributed by atoms with Gasteiger partial charge in [-0.3, -0.25) is 0 Å². The molecule has 0 bridgehead atoms. The number of ether oxygens (including phenoxy) is 1. The second kappa shape index (κ2) is 4.56. The molecule has 1 aliphatic carbocycles. The molecule has 1 fully saturated rings. The molecule has 0 amide bonds. The van der Waals surface area contributed by atoms with Crippen LogP contribution in [0.15, 0.2) is 23.8 Å². The van der Waals surface area contributed by atoms with Gasteiger partial charge >= 0.3 is 0 Å². The lowest BCUT2D eigenvalue weighted by atomic mass is 9.71. The Morgan fingerprint density at radius 1 is 1.53 bits per heavy atom. The lowest BCUT2D eigenvalue weighted by Gasteiger charge is -2.48. The summed E-state index contributed by atoms with van der Waals surface area (Å²) in [4.78, 5) is 0. The van der Waals surface area contributed by atoms with E-state index in [4.69, 9.17) is 4.74 Å². The second-order valence-corrected chi connectivity index (χ2v) is 5.46. The van der Waals surface area contributed by atoms with Gasteiger partial charge in [0.25, 0.3) is 0 Å². The van der Waals surface area contributed by atoms with Crippen LogP contribution in [0.2, 0.25) is 0 Å². The lowest BCUT2D eigenvalue weighted by molar-refractivity contribution is -0.192. The zero-order chi connectivity index (χ0) is 12.6. The minimum Gasteiger partial charge on any atom is -0.390 e. The molecule has 96 valence electrons. The van der Waals surface area contributed by atoms with Crippen LogP contribution in [-0.4, -0.2) is 34.1 Å². The number of hydrogen-bond donors (Lipinski definition) is 2. The molecule has 0 radical (unpaired) electrons. The third-order valence-corrected chi connectivity index (χ3v) is 4.02. The minimum absolute atomic E-state index is 0.0114. The quantitative estimate of drug-likeness (QED) is 0.685. The van der Waals surface area contributed by atoms with Crippen molar-refractivity contribution in [2.45, 2.75) is 57.5 Å². The van der Waals surface area contributed by atoms with Gasteiger partial charge in [0.2, 0.25) is 0 Å². The monoisotopic (exact) mass is 238 g/mol. The summed E-state index contributed by atoms with van der Waals surface area (Å²) in [5.41, 5.74) is 0.175. The van der Waals surface area contributed by atoms with Crippen molar-refractivity contribution in [1.82, 2.24) is 0 Å². The van der Waals surface area contributed by atoms with E-state index in [9.17, 15) is 10.2 Å². The normalized spacial score (nSPS) is 46.8. The van der Waals surface area contributed by atoms with E-state index in [0.29, 0.717) is 6.42 Å². The van der Waals surface area contributed by atoms with E-state index in [1.54, 1.807) is 0 Å². The number of allylic oxidation sites excluding steroid dienone is 2. The number of aliphatic hydroxyl groups is 2. The van der Waals surface area contributed by atoms with Crippen molar-refractivity contribution in [2.75, 3.05) is 0 Å². The van der Waals surface area contributed by atoms with Crippen LogP contribution in [0.3, 0.4) is 0 Å². The van der Waals surface area contributed by atoms with E-state index in [2.05, 4.69) is 0 Å². The predicted molar refractivity (Wildman–Crippen MR) is 66.6 cm³/mol. The summed E-state index contributed by atoms with van der Waals surface area (Å²) in [6.45, 7) is 5.70. The van der Waals surface area contributed by atoms with Gasteiger partial charge in [-0.1, -0.05) is 18.2 Å². The molecule has 2 rings (SSSR count). The fraction of sp³-hybridized carbons (Fsp3) is 0.714. The van der Waals surface area contributed by atoms with Gasteiger partial charge in [-0.15, -0.1) is 0 Å². The van der Waals surface area contributed by atoms with E-state index < -0.39 is 11.7 Å². The van der Waals surface area contributed by atoms with Crippen molar-refractivity contribution in [2.24, 2.45) is 5.92 Å². The molecular weight excluding hydrogens is 216 g/mol. The van der Waals surface area contributed by atoms with Gasteiger partial charge in [0.1, 0.15) is 6.10 Å². The first-order chi connectivity index (χ1) is 7.95. The summed E-state index contributed by atoms with van der Waals surface area (Å²) in [7, 11) is 0. The van der Waals surface area contributed by atoms with Crippen molar-refractivity contribution in [1.29, 1.82) is 0 Å². The maximum atomic E-state index is 10.5. The summed E-state index contributed by atoms with van der Waals surface area (Å²) in [5.74, 6) is -0.0114. The average Bonchev–Trinajstić information content (AvgIpc) is 2.23. The first kappa shape index (κ1) is 12.8. The number of rotatable bonds is 1. The highest BCUT2D eigenvalue weighted by Crippen LogP contribution is 2.41. The smallest absolute Gasteiger partial charge is 0.101 e. The molecule has 0 unspecified atom stereocenters. The van der Waals surface area contributed by atoms with Crippen LogP contribution in [0.25, 0.3) is 0 Å². The van der Waals surface area contributed by atoms with Crippen LogP contribution in [0.1, 0.15) is 33.6 Å². The van der Waals surface area contributed by atoms with E-state index >= 15 is 0 Å². The highest BCUT2D eigenvalue weighted by atomic mass is 16.5. The number of hydrogen-bond acceptors (Lipinski definition) is 3. The molecule has 0 aromatic carbocycles. The molecule has 1 heterocycles. The Morgan fingerprint density at radius 3 is 2.88 bits per heavy atom. The van der Waals surface area contributed by atoms with Gasteiger partial charge < -0.3 is 14.9 Å². The van der Waals surface area contributed by atoms with Gasteiger partial charge in [0.05, 0.1) is 17.8 Å². The maximum absolute atomic E-state index is 10.5. The Morgan fingerprint density at radius 2 is 2.24 bits per heavy atom. The van der Waals surface area contributed by atoms with Crippen LogP contribution in [0.5, 0.6) is 0 Å². The first-order valence-electron chi connectivity index (χ1n) is 6.31. The molecule has 0 saturated carbocycles. The molecule has 3 heteroatoms. The Labute approximate surface area is 103 Å². The van der Waals surface area contributed by atoms with Crippen LogP contribution in [-0.2, 0) is 4.74 Å². The van der Waals surface area contributed by atoms with Crippen molar-refractivity contribution in [3.05, 3.63) is 23.8 Å². The average molecular weight is 238 g/mol. The van der Waals surface area contributed by atoms with Gasteiger partial charge in [-0.2, -0.15) is 0 Å². The van der Waals surface area contributed by atoms with Crippen molar-refractivity contribution in [3.63, 3.8) is 0 Å². The lowest BCUT2D eigenvalue weighted by Crippen LogP contribution is -2.56. The Hall–Kier alpha value is -0.640. The summed E-state index contributed by atoms with van der Waals surface area (Å²) < 4.78 is 5.91. The van der Waals surface area contributed by atoms with Gasteiger partial charge in [-0.25, -0.2) is 0 Å². The van der Waals surface area contributed by atoms with Crippen LogP contribution < -0.4 is 0 Å². The van der Waals surface area contributed by atoms with Crippen molar-refractivity contribution >= 4 is 0 Å². The SMILES string of the molecule is C/C=C/[C@@H]1C[C@@](C)(O)[C@H]2CC=C(C)[C@@H](O)[C@@H]2O1. The molecule has 2 N–H and O–H groups in total. The standard InChI is InChI=1S/C14H22O3/c1-4-5-10-8-14(3,16)11-7-6-9(2)12(15)13(11)17-10/h4-6,10-13,15-16H,7-8H2,1-3H3/b5-4+/t10-,11+,12-,13-,14-/m1/s1. The number of aliphatic hydroxyl groups excluding tert-OH is 1. The van der Waals surface area contributed by atoms with E-state index in [1.165, 1.54) is 0 Å². The fourth-order valence-electron chi connectivity index (χ4n) is 2.96. The predicted octanol–water partition coefficient (Wildman–Crippen LogP) is 1.80. The maximum Gasteiger partial charge on any atom is 0.101 e. The zero-order valence-corrected chi connectivity index (χ0v) is 10.8. The van der Waals surface area contributed by atoms with E-state index in [0.717, 1.165) is 12.0 Å². The molecule has 1 saturated heterocycles. The van der Waals surface area contributed by atoms with E-state index in [-0.39, 0.29) is 18.1 Å². The van der Waals surface area contributed by atoms with Crippen LogP contribution in [0.4, 0.5) is 0 Å². The third kappa shape index (κ3) is 2.32. The Balaban J connectivity index is 2.25. The molecule has 2 aliphatic rings. The van der Waals surface area contributed by atoms with Crippen LogP contribution in [0, 0.1) is 5.92 Å². The number of fused-ring (bicyclic) bond motifs is 1. The Bertz CT molecular complexity index is 343. The summed E-state index contributed by atoms with van der Waals surface area (Å²) >= 11 is 0. The third-order valence-electron chi connectivity index (χ3n) is 4.02. The topological polar surface area (TPSA) is 49.7 Å². The summed E-state index contributed by atoms with van der Waals surface area (Å²) in [6, 6.07) is 0. The largest absolute Gasteiger partial charge is 0.390 e. The van der Waals surface area contributed by atoms with Crippen molar-refractivity contribution in [3.8, 4) is 0 Å². The molecule has 0 spiro atoms. The molecule has 3 nitrogen and oxygen atoms in total. The highest BCUT2D eigenvalue weighted by molar-refractivity contribution is 5.17. The highest BCUT2D eigenvalue weighted by Gasteiger charge is 2.48. The van der Waals surface area contributed by atoms with Crippen LogP contribution >= 0.6 is 0 Å².